The molecule has 9 aromatic carbocycles. The molecule has 1 aliphatic carbocycles. The van der Waals surface area contributed by atoms with Crippen LogP contribution >= 0.6 is 0 Å². The van der Waals surface area contributed by atoms with Crippen molar-refractivity contribution in [3.05, 3.63) is 257 Å². The Balaban J connectivity index is 0.000000127. The van der Waals surface area contributed by atoms with Crippen LogP contribution in [0, 0.1) is 12.8 Å². The molecule has 10 nitrogen and oxygen atoms in total. The maximum Gasteiger partial charge on any atom is 0.197 e. The van der Waals surface area contributed by atoms with Gasteiger partial charge in [-0.1, -0.05) is 55.5 Å². The number of benzene rings is 8. The number of aliphatic hydroxyl groups excluding tert-OH is 1. The van der Waals surface area contributed by atoms with Crippen LogP contribution in [0.4, 0.5) is 28.4 Å². The van der Waals surface area contributed by atoms with E-state index in [1.165, 1.54) is 37.2 Å². The third-order valence-corrected chi connectivity index (χ3v) is 18.8. The van der Waals surface area contributed by atoms with E-state index in [0.717, 1.165) is 49.9 Å². The zero-order chi connectivity index (χ0) is 56.1. The Hall–Kier alpha value is -8.60. The van der Waals surface area contributed by atoms with Crippen LogP contribution in [0.15, 0.2) is 213 Å². The van der Waals surface area contributed by atoms with Gasteiger partial charge in [-0.3, -0.25) is 9.59 Å². The third kappa shape index (κ3) is 9.55. The zero-order valence-electron chi connectivity index (χ0n) is 46.6. The predicted octanol–water partition coefficient (Wildman–Crippen LogP) is 10.8. The van der Waals surface area contributed by atoms with Crippen molar-refractivity contribution in [3.63, 3.8) is 0 Å². The standard InChI is InChI=1S/C26H21N2OSe.C22H16N2O2.C21H28N2O/c1-18-21(17-24-27(2)22-15-9-10-16-23(22)30-24)26(29)25(18)28(19-11-5-3-6-12-19)20-13-7-4-8-14-20;1-23-17-9-5-3-7-13(17)21(25)15-12-20-16(11-19(15)23)22(26)14-8-4-6-10-18(14)24(20)2;1-14-19(15-6-10-17(11-7-15)22(2)3)21(24)20(14)16-8-12-18(13-9-16)23(4)5/h3-17H,1-2H3;3-12H,1-2H3;6-14,19-21,24H,1-5H3/q+1;;. The van der Waals surface area contributed by atoms with E-state index in [2.05, 4.69) is 119 Å². The summed E-state index contributed by atoms with van der Waals surface area (Å²) in [5.74, 6) is 0.884. The van der Waals surface area contributed by atoms with Gasteiger partial charge in [0, 0.05) is 87.0 Å². The van der Waals surface area contributed by atoms with Gasteiger partial charge in [0.2, 0.25) is 0 Å². The van der Waals surface area contributed by atoms with Crippen molar-refractivity contribution in [2.75, 3.05) is 49.9 Å². The Labute approximate surface area is 472 Å². The van der Waals surface area contributed by atoms with Crippen molar-refractivity contribution < 1.29 is 5.11 Å². The van der Waals surface area contributed by atoms with E-state index in [4.69, 9.17) is 0 Å². The molecule has 0 spiro atoms. The van der Waals surface area contributed by atoms with E-state index >= 15 is 0 Å². The summed E-state index contributed by atoms with van der Waals surface area (Å²) in [5.41, 5.74) is 13.3. The fourth-order valence-electron chi connectivity index (χ4n) is 11.8. The SMILES string of the molecule is CC1C(c2ccc(N(C)C)cc2)C(O)C1c1ccc(N(C)C)cc1.Cc1c(C=C2[Se]c3ccccc3N2C)c(=O)c1=[N+](c1ccccc1)c1ccccc1.Cn1c2ccccc2c(=O)c2cc3c(cc21)c(=O)c1ccccc1n3C. The Morgan fingerprint density at radius 3 is 1.36 bits per heavy atom. The van der Waals surface area contributed by atoms with Crippen LogP contribution in [0.1, 0.15) is 41.0 Å². The topological polar surface area (TPSA) is 94.0 Å². The number of pyridine rings is 2. The molecule has 0 radical (unpaired) electrons. The van der Waals surface area contributed by atoms with Gasteiger partial charge >= 0.3 is 182 Å². The summed E-state index contributed by atoms with van der Waals surface area (Å²) in [6.45, 7) is 4.30. The van der Waals surface area contributed by atoms with E-state index in [0.29, 0.717) is 27.5 Å². The van der Waals surface area contributed by atoms with E-state index in [9.17, 15) is 19.5 Å². The van der Waals surface area contributed by atoms with Gasteiger partial charge < -0.3 is 24.0 Å². The predicted molar refractivity (Wildman–Crippen MR) is 335 cm³/mol. The minimum absolute atomic E-state index is 0.00351. The van der Waals surface area contributed by atoms with Crippen molar-refractivity contribution in [2.45, 2.75) is 31.8 Å². The quantitative estimate of drug-likeness (QED) is 0.0965. The molecule has 2 atom stereocenters. The smallest absolute Gasteiger partial charge is 0.197 e. The first kappa shape index (κ1) is 53.4. The number of anilines is 3. The van der Waals surface area contributed by atoms with Crippen molar-refractivity contribution >= 4 is 97.5 Å². The Bertz CT molecular complexity index is 4160. The molecule has 11 heteroatoms. The molecule has 0 amide bonds. The van der Waals surface area contributed by atoms with E-state index < -0.39 is 0 Å². The van der Waals surface area contributed by atoms with Crippen LogP contribution in [0.5, 0.6) is 0 Å². The van der Waals surface area contributed by atoms with Crippen molar-refractivity contribution in [3.8, 4) is 0 Å². The number of aliphatic hydroxyl groups is 1. The first-order valence-electron chi connectivity index (χ1n) is 27.0. The molecule has 1 saturated carbocycles. The molecule has 1 N–H and O–H groups in total. The second kappa shape index (κ2) is 21.9. The number of hydrogen-bond acceptors (Lipinski definition) is 7. The Morgan fingerprint density at radius 1 is 0.512 bits per heavy atom. The molecule has 1 aliphatic heterocycles. The molecule has 2 aromatic heterocycles. The first-order chi connectivity index (χ1) is 38.6. The van der Waals surface area contributed by atoms with Gasteiger partial charge in [0.1, 0.15) is 0 Å². The van der Waals surface area contributed by atoms with E-state index in [-0.39, 0.29) is 49.2 Å². The number of aromatic nitrogens is 2. The zero-order valence-corrected chi connectivity index (χ0v) is 48.3. The molecule has 13 rings (SSSR count). The monoisotopic (exact) mass is 1120 g/mol. The fraction of sp³-hybridized carbons (Fsp3) is 0.188. The van der Waals surface area contributed by atoms with Crippen molar-refractivity contribution in [1.82, 2.24) is 13.7 Å². The van der Waals surface area contributed by atoms with Crippen LogP contribution in [-0.4, -0.2) is 70.5 Å². The van der Waals surface area contributed by atoms with Crippen LogP contribution < -0.4 is 45.4 Å². The van der Waals surface area contributed by atoms with Crippen molar-refractivity contribution in [2.24, 2.45) is 20.0 Å². The van der Waals surface area contributed by atoms with Crippen molar-refractivity contribution in [1.29, 1.82) is 0 Å². The molecule has 11 aromatic rings. The summed E-state index contributed by atoms with van der Waals surface area (Å²) in [4.78, 5) is 45.8. The van der Waals surface area contributed by atoms with Crippen LogP contribution in [0.25, 0.3) is 49.7 Å². The average Bonchev–Trinajstić information content (AvgIpc) is 3.98. The maximum atomic E-state index is 13.3. The van der Waals surface area contributed by atoms with Gasteiger partial charge in [0.25, 0.3) is 0 Å². The molecule has 80 heavy (non-hydrogen) atoms. The number of hydrogen-bond donors (Lipinski definition) is 1. The first-order valence-corrected chi connectivity index (χ1v) is 28.7. The average molecular weight is 1120 g/mol. The molecule has 0 bridgehead atoms. The summed E-state index contributed by atoms with van der Waals surface area (Å²) in [6, 6.07) is 64.7. The normalized spacial score (nSPS) is 17.0. The Morgan fingerprint density at radius 2 is 0.938 bits per heavy atom. The van der Waals surface area contributed by atoms with Gasteiger partial charge in [0.15, 0.2) is 10.9 Å². The van der Waals surface area contributed by atoms with Gasteiger partial charge in [-0.2, -0.15) is 0 Å². The number of aryl methyl sites for hydroxylation is 2. The number of fused-ring (bicyclic) bond motifs is 5. The van der Waals surface area contributed by atoms with Crippen LogP contribution in [0.3, 0.4) is 0 Å². The van der Waals surface area contributed by atoms with Crippen LogP contribution in [-0.2, 0) is 14.1 Å². The fourth-order valence-corrected chi connectivity index (χ4v) is 14.1. The molecule has 2 aliphatic rings. The molecular weight excluding hydrogens is 1060 g/mol. The second-order valence-electron chi connectivity index (χ2n) is 21.4. The van der Waals surface area contributed by atoms with Gasteiger partial charge in [-0.25, -0.2) is 0 Å². The second-order valence-corrected chi connectivity index (χ2v) is 23.6. The number of rotatable bonds is 7. The minimum atomic E-state index is -0.310. The minimum Gasteiger partial charge on any atom is -0.343 e. The van der Waals surface area contributed by atoms with Gasteiger partial charge in [-0.05, 0) is 77.7 Å². The number of para-hydroxylation sites is 5. The van der Waals surface area contributed by atoms with E-state index in [1.54, 1.807) is 0 Å². The summed E-state index contributed by atoms with van der Waals surface area (Å²) in [6.07, 6.45) is 1.78. The summed E-state index contributed by atoms with van der Waals surface area (Å²) < 4.78 is 8.62. The molecular formula is C69H65N6O4Se+. The molecule has 0 saturated heterocycles. The van der Waals surface area contributed by atoms with Crippen LogP contribution in [0.2, 0.25) is 0 Å². The molecule has 2 unspecified atom stereocenters. The molecule has 3 heterocycles. The molecule has 400 valence electrons. The summed E-state index contributed by atoms with van der Waals surface area (Å²) >= 11 is 0.215. The van der Waals surface area contributed by atoms with Gasteiger partial charge in [-0.15, -0.1) is 0 Å². The largest absolute Gasteiger partial charge is 0.343 e. The van der Waals surface area contributed by atoms with E-state index in [1.807, 2.05) is 173 Å². The number of nitrogens with zero attached hydrogens (tertiary/aromatic N) is 6. The van der Waals surface area contributed by atoms with Gasteiger partial charge in [0.05, 0.1) is 28.2 Å². The maximum absolute atomic E-state index is 13.3. The summed E-state index contributed by atoms with van der Waals surface area (Å²) in [5, 5.41) is 14.2. The third-order valence-electron chi connectivity index (χ3n) is 16.3. The summed E-state index contributed by atoms with van der Waals surface area (Å²) in [7, 11) is 14.1. The molecule has 1 fully saturated rings. The Kier molecular flexibility index (Phi) is 14.6.